The molecule has 0 saturated heterocycles. The number of amides is 1. The highest BCUT2D eigenvalue weighted by Crippen LogP contribution is 2.22. The average molecular weight is 309 g/mol. The van der Waals surface area contributed by atoms with Crippen molar-refractivity contribution in [1.82, 2.24) is 14.3 Å². The standard InChI is InChI=1S/C18H16FN3O/c1-12-17(22-11-15(19)6-7-16(22)20-12)18(23)21-9-8-13-4-2-3-5-14(13)10-21/h2-7,11H,8-10H2,1H3. The molecule has 1 aliphatic rings. The minimum atomic E-state index is -0.382. The van der Waals surface area contributed by atoms with Crippen LogP contribution in [0.15, 0.2) is 42.6 Å². The second-order valence-electron chi connectivity index (χ2n) is 5.87. The zero-order valence-electron chi connectivity index (χ0n) is 12.8. The summed E-state index contributed by atoms with van der Waals surface area (Å²) in [4.78, 5) is 19.1. The third-order valence-corrected chi connectivity index (χ3v) is 4.38. The number of halogens is 1. The molecule has 4 rings (SSSR count). The molecule has 5 heteroatoms. The van der Waals surface area contributed by atoms with Crippen LogP contribution in [0.3, 0.4) is 0 Å². The van der Waals surface area contributed by atoms with Crippen LogP contribution in [-0.4, -0.2) is 26.7 Å². The highest BCUT2D eigenvalue weighted by Gasteiger charge is 2.25. The summed E-state index contributed by atoms with van der Waals surface area (Å²) in [6, 6.07) is 11.1. The molecule has 116 valence electrons. The highest BCUT2D eigenvalue weighted by atomic mass is 19.1. The highest BCUT2D eigenvalue weighted by molar-refractivity contribution is 5.94. The van der Waals surface area contributed by atoms with E-state index in [1.807, 2.05) is 17.0 Å². The number of rotatable bonds is 1. The molecule has 1 aromatic carbocycles. The topological polar surface area (TPSA) is 37.6 Å². The van der Waals surface area contributed by atoms with Gasteiger partial charge in [0.2, 0.25) is 0 Å². The van der Waals surface area contributed by atoms with E-state index < -0.39 is 0 Å². The molecule has 3 heterocycles. The second kappa shape index (κ2) is 5.19. The molecule has 0 atom stereocenters. The van der Waals surface area contributed by atoms with Crippen molar-refractivity contribution in [2.24, 2.45) is 0 Å². The van der Waals surface area contributed by atoms with E-state index in [0.717, 1.165) is 6.42 Å². The van der Waals surface area contributed by atoms with E-state index in [-0.39, 0.29) is 11.7 Å². The third-order valence-electron chi connectivity index (χ3n) is 4.38. The van der Waals surface area contributed by atoms with Gasteiger partial charge in [0.15, 0.2) is 0 Å². The van der Waals surface area contributed by atoms with Crippen LogP contribution in [0.5, 0.6) is 0 Å². The van der Waals surface area contributed by atoms with E-state index in [4.69, 9.17) is 0 Å². The Morgan fingerprint density at radius 3 is 2.78 bits per heavy atom. The lowest BCUT2D eigenvalue weighted by Crippen LogP contribution is -2.36. The lowest BCUT2D eigenvalue weighted by atomic mass is 9.99. The molecular weight excluding hydrogens is 293 g/mol. The third kappa shape index (κ3) is 2.29. The van der Waals surface area contributed by atoms with Gasteiger partial charge in [-0.1, -0.05) is 24.3 Å². The number of aromatic nitrogens is 2. The smallest absolute Gasteiger partial charge is 0.273 e. The van der Waals surface area contributed by atoms with Crippen LogP contribution < -0.4 is 0 Å². The molecule has 1 amide bonds. The van der Waals surface area contributed by atoms with Gasteiger partial charge in [0.25, 0.3) is 5.91 Å². The number of hydrogen-bond donors (Lipinski definition) is 0. The van der Waals surface area contributed by atoms with Gasteiger partial charge in [0.1, 0.15) is 17.2 Å². The van der Waals surface area contributed by atoms with E-state index in [0.29, 0.717) is 30.1 Å². The van der Waals surface area contributed by atoms with E-state index in [2.05, 4.69) is 17.1 Å². The van der Waals surface area contributed by atoms with Crippen molar-refractivity contribution < 1.29 is 9.18 Å². The van der Waals surface area contributed by atoms with Gasteiger partial charge in [0.05, 0.1) is 5.69 Å². The molecule has 0 fully saturated rings. The normalized spacial score (nSPS) is 14.1. The monoisotopic (exact) mass is 309 g/mol. The Morgan fingerprint density at radius 2 is 1.96 bits per heavy atom. The van der Waals surface area contributed by atoms with Crippen LogP contribution in [0.1, 0.15) is 27.3 Å². The Balaban J connectivity index is 1.73. The van der Waals surface area contributed by atoms with Crippen molar-refractivity contribution in [3.05, 3.63) is 70.9 Å². The number of pyridine rings is 1. The first-order chi connectivity index (χ1) is 11.1. The summed E-state index contributed by atoms with van der Waals surface area (Å²) < 4.78 is 15.1. The first-order valence-corrected chi connectivity index (χ1v) is 7.64. The molecule has 23 heavy (non-hydrogen) atoms. The van der Waals surface area contributed by atoms with Gasteiger partial charge in [-0.15, -0.1) is 0 Å². The summed E-state index contributed by atoms with van der Waals surface area (Å²) in [7, 11) is 0. The van der Waals surface area contributed by atoms with E-state index in [1.165, 1.54) is 23.4 Å². The predicted molar refractivity (Wildman–Crippen MR) is 84.8 cm³/mol. The minimum Gasteiger partial charge on any atom is -0.333 e. The summed E-state index contributed by atoms with van der Waals surface area (Å²) in [6.07, 6.45) is 2.16. The first-order valence-electron chi connectivity index (χ1n) is 7.64. The molecule has 0 radical (unpaired) electrons. The Hall–Kier alpha value is -2.69. The summed E-state index contributed by atoms with van der Waals surface area (Å²) in [6.45, 7) is 3.03. The number of fused-ring (bicyclic) bond motifs is 2. The van der Waals surface area contributed by atoms with Crippen LogP contribution in [0.4, 0.5) is 4.39 Å². The van der Waals surface area contributed by atoms with Crippen molar-refractivity contribution in [3.8, 4) is 0 Å². The maximum atomic E-state index is 13.6. The average Bonchev–Trinajstić information content (AvgIpc) is 2.89. The summed E-state index contributed by atoms with van der Waals surface area (Å²) >= 11 is 0. The summed E-state index contributed by atoms with van der Waals surface area (Å²) in [5, 5.41) is 0. The zero-order valence-corrected chi connectivity index (χ0v) is 12.8. The lowest BCUT2D eigenvalue weighted by Gasteiger charge is -2.28. The second-order valence-corrected chi connectivity index (χ2v) is 5.87. The first kappa shape index (κ1) is 13.9. The van der Waals surface area contributed by atoms with Gasteiger partial charge >= 0.3 is 0 Å². The fraction of sp³-hybridized carbons (Fsp3) is 0.222. The maximum Gasteiger partial charge on any atom is 0.273 e. The summed E-state index contributed by atoms with van der Waals surface area (Å²) in [5.41, 5.74) is 4.12. The molecule has 0 unspecified atom stereocenters. The number of benzene rings is 1. The van der Waals surface area contributed by atoms with Crippen LogP contribution in [0.25, 0.3) is 5.65 Å². The maximum absolute atomic E-state index is 13.6. The van der Waals surface area contributed by atoms with E-state index in [1.54, 1.807) is 17.4 Å². The number of carbonyl (C=O) groups is 1. The van der Waals surface area contributed by atoms with Gasteiger partial charge in [-0.25, -0.2) is 9.37 Å². The van der Waals surface area contributed by atoms with Gasteiger partial charge < -0.3 is 4.90 Å². The molecule has 0 aliphatic carbocycles. The number of hydrogen-bond acceptors (Lipinski definition) is 2. The molecular formula is C18H16FN3O. The lowest BCUT2D eigenvalue weighted by molar-refractivity contribution is 0.0727. The SMILES string of the molecule is Cc1nc2ccc(F)cn2c1C(=O)N1CCc2ccccc2C1. The Bertz CT molecular complexity index is 916. The molecule has 0 saturated carbocycles. The molecule has 4 nitrogen and oxygen atoms in total. The number of nitrogens with zero attached hydrogens (tertiary/aromatic N) is 3. The molecule has 2 aromatic heterocycles. The van der Waals surface area contributed by atoms with Crippen molar-refractivity contribution in [1.29, 1.82) is 0 Å². The Morgan fingerprint density at radius 1 is 1.17 bits per heavy atom. The van der Waals surface area contributed by atoms with Crippen molar-refractivity contribution in [2.45, 2.75) is 19.9 Å². The van der Waals surface area contributed by atoms with Crippen molar-refractivity contribution >= 4 is 11.6 Å². The number of imidazole rings is 1. The number of carbonyl (C=O) groups excluding carboxylic acids is 1. The van der Waals surface area contributed by atoms with Gasteiger partial charge in [-0.05, 0) is 36.6 Å². The van der Waals surface area contributed by atoms with Gasteiger partial charge in [-0.2, -0.15) is 0 Å². The van der Waals surface area contributed by atoms with Crippen LogP contribution in [0.2, 0.25) is 0 Å². The molecule has 0 bridgehead atoms. The molecule has 0 N–H and O–H groups in total. The van der Waals surface area contributed by atoms with Crippen LogP contribution >= 0.6 is 0 Å². The molecule has 1 aliphatic heterocycles. The fourth-order valence-electron chi connectivity index (χ4n) is 3.21. The Kier molecular flexibility index (Phi) is 3.15. The van der Waals surface area contributed by atoms with Crippen molar-refractivity contribution in [2.75, 3.05) is 6.54 Å². The minimum absolute atomic E-state index is 0.102. The number of aryl methyl sites for hydroxylation is 1. The quantitative estimate of drug-likeness (QED) is 0.693. The largest absolute Gasteiger partial charge is 0.333 e. The summed E-state index contributed by atoms with van der Waals surface area (Å²) in [5.74, 6) is -0.483. The molecule has 0 spiro atoms. The fourth-order valence-corrected chi connectivity index (χ4v) is 3.21. The molecule has 3 aromatic rings. The van der Waals surface area contributed by atoms with E-state index >= 15 is 0 Å². The van der Waals surface area contributed by atoms with E-state index in [9.17, 15) is 9.18 Å². The van der Waals surface area contributed by atoms with Gasteiger partial charge in [0, 0.05) is 19.3 Å². The van der Waals surface area contributed by atoms with Crippen LogP contribution in [-0.2, 0) is 13.0 Å². The van der Waals surface area contributed by atoms with Crippen LogP contribution in [0, 0.1) is 12.7 Å². The predicted octanol–water partition coefficient (Wildman–Crippen LogP) is 2.98. The van der Waals surface area contributed by atoms with Gasteiger partial charge in [-0.3, -0.25) is 9.20 Å². The Labute approximate surface area is 133 Å². The zero-order chi connectivity index (χ0) is 16.0. The van der Waals surface area contributed by atoms with Crippen molar-refractivity contribution in [3.63, 3.8) is 0 Å².